The standard InChI is InChI=1S/C44H56S4/c1-2-10-26-41(25-9-1)33-17-19-35(45-33)42(27-11-3-4-12-28-42)37-21-23-39(47-37)44(31-15-7-8-16-32-44)40-24-22-38(48-40)43(29-13-5-6-14-30-43)36-20-18-34(41)46-36/h17-24H,1-16,25-32H2. The molecule has 1 aliphatic heterocycles. The summed E-state index contributed by atoms with van der Waals surface area (Å²) < 4.78 is 0. The molecule has 4 fully saturated rings. The van der Waals surface area contributed by atoms with Crippen LogP contribution in [0.5, 0.6) is 0 Å². The second kappa shape index (κ2) is 13.4. The molecule has 0 N–H and O–H groups in total. The maximum Gasteiger partial charge on any atom is 0.0390 e. The van der Waals surface area contributed by atoms with Gasteiger partial charge in [-0.25, -0.2) is 0 Å². The molecule has 8 bridgehead atoms. The van der Waals surface area contributed by atoms with Gasteiger partial charge >= 0.3 is 0 Å². The lowest BCUT2D eigenvalue weighted by atomic mass is 9.75. The van der Waals surface area contributed by atoms with Gasteiger partial charge in [0.25, 0.3) is 0 Å². The Bertz CT molecular complexity index is 1330. The van der Waals surface area contributed by atoms with Crippen molar-refractivity contribution < 1.29 is 0 Å². The third kappa shape index (κ3) is 5.35. The molecular formula is C44H56S4. The second-order valence-electron chi connectivity index (χ2n) is 16.6. The molecule has 0 unspecified atom stereocenters. The number of rotatable bonds is 0. The highest BCUT2D eigenvalue weighted by atomic mass is 32.1. The molecule has 4 aliphatic carbocycles. The zero-order chi connectivity index (χ0) is 32.1. The Morgan fingerprint density at radius 2 is 0.375 bits per heavy atom. The fourth-order valence-corrected chi connectivity index (χ4v) is 17.6. The van der Waals surface area contributed by atoms with Crippen molar-refractivity contribution in [3.63, 3.8) is 0 Å². The smallest absolute Gasteiger partial charge is 0.0390 e. The fourth-order valence-electron chi connectivity index (χ4n) is 11.2. The molecule has 5 aliphatic rings. The molecule has 48 heavy (non-hydrogen) atoms. The number of thiophene rings is 4. The highest BCUT2D eigenvalue weighted by molar-refractivity contribution is 7.16. The van der Waals surface area contributed by atoms with Gasteiger partial charge in [-0.2, -0.15) is 0 Å². The van der Waals surface area contributed by atoms with Crippen molar-refractivity contribution in [2.75, 3.05) is 0 Å². The van der Waals surface area contributed by atoms with Gasteiger partial charge in [0, 0.05) is 60.7 Å². The van der Waals surface area contributed by atoms with Crippen LogP contribution in [-0.4, -0.2) is 0 Å². The summed E-state index contributed by atoms with van der Waals surface area (Å²) in [7, 11) is 0. The Morgan fingerprint density at radius 1 is 0.229 bits per heavy atom. The first kappa shape index (κ1) is 32.7. The predicted octanol–water partition coefficient (Wildman–Crippen LogP) is 14.8. The van der Waals surface area contributed by atoms with E-state index in [-0.39, 0.29) is 21.7 Å². The Hall–Kier alpha value is -1.20. The zero-order valence-corrected chi connectivity index (χ0v) is 32.5. The lowest BCUT2D eigenvalue weighted by Crippen LogP contribution is -2.27. The Morgan fingerprint density at radius 3 is 0.521 bits per heavy atom. The van der Waals surface area contributed by atoms with Gasteiger partial charge < -0.3 is 0 Å². The van der Waals surface area contributed by atoms with Crippen molar-refractivity contribution in [2.24, 2.45) is 0 Å². The van der Waals surface area contributed by atoms with Gasteiger partial charge in [-0.05, 0) is 99.9 Å². The summed E-state index contributed by atoms with van der Waals surface area (Å²) in [5.74, 6) is 0. The van der Waals surface area contributed by atoms with Gasteiger partial charge in [0.2, 0.25) is 0 Å². The summed E-state index contributed by atoms with van der Waals surface area (Å²) in [4.78, 5) is 13.6. The van der Waals surface area contributed by atoms with Gasteiger partial charge in [0.05, 0.1) is 0 Å². The molecule has 4 heteroatoms. The SMILES string of the molecule is c1cc2sc1C1(CCCCCC1)c1ccc(s1)C1(CCCCCC1)c1ccc(s1)C1(CCCCCC1)c1ccc(s1)C21CCCCCC1. The van der Waals surface area contributed by atoms with Crippen molar-refractivity contribution in [2.45, 2.75) is 176 Å². The topological polar surface area (TPSA) is 0 Å². The molecule has 4 aromatic rings. The first-order valence-electron chi connectivity index (χ1n) is 20.1. The normalized spacial score (nSPS) is 25.0. The van der Waals surface area contributed by atoms with Crippen LogP contribution in [0.25, 0.3) is 0 Å². The lowest BCUT2D eigenvalue weighted by molar-refractivity contribution is 0.459. The molecule has 5 heterocycles. The van der Waals surface area contributed by atoms with E-state index >= 15 is 0 Å². The van der Waals surface area contributed by atoms with Crippen LogP contribution in [0, 0.1) is 0 Å². The first-order chi connectivity index (χ1) is 23.7. The highest BCUT2D eigenvalue weighted by Crippen LogP contribution is 2.59. The van der Waals surface area contributed by atoms with Crippen LogP contribution < -0.4 is 0 Å². The van der Waals surface area contributed by atoms with Crippen molar-refractivity contribution in [1.29, 1.82) is 0 Å². The second-order valence-corrected chi connectivity index (χ2v) is 21.0. The molecule has 0 aromatic carbocycles. The molecule has 4 aromatic heterocycles. The molecule has 4 saturated carbocycles. The first-order valence-corrected chi connectivity index (χ1v) is 23.4. The summed E-state index contributed by atoms with van der Waals surface area (Å²) >= 11 is 9.06. The summed E-state index contributed by atoms with van der Waals surface area (Å²) in [5, 5.41) is 0. The van der Waals surface area contributed by atoms with Crippen molar-refractivity contribution in [3.8, 4) is 0 Å². The van der Waals surface area contributed by atoms with Crippen molar-refractivity contribution >= 4 is 45.3 Å². The molecule has 0 nitrogen and oxygen atoms in total. The minimum Gasteiger partial charge on any atom is -0.143 e. The molecule has 0 amide bonds. The Kier molecular flexibility index (Phi) is 9.13. The third-order valence-corrected chi connectivity index (χ3v) is 20.0. The van der Waals surface area contributed by atoms with E-state index in [0.29, 0.717) is 0 Å². The van der Waals surface area contributed by atoms with E-state index in [9.17, 15) is 0 Å². The average molecular weight is 713 g/mol. The molecule has 9 rings (SSSR count). The summed E-state index contributed by atoms with van der Waals surface area (Å²) in [5.41, 5.74) is 0.789. The van der Waals surface area contributed by atoms with E-state index in [1.165, 1.54) is 154 Å². The minimum atomic E-state index is 0.197. The van der Waals surface area contributed by atoms with Gasteiger partial charge in [-0.1, -0.05) is 103 Å². The summed E-state index contributed by atoms with van der Waals surface area (Å²) in [6, 6.07) is 21.2. The van der Waals surface area contributed by atoms with E-state index in [1.54, 1.807) is 39.0 Å². The van der Waals surface area contributed by atoms with Crippen LogP contribution >= 0.6 is 45.3 Å². The van der Waals surface area contributed by atoms with E-state index in [1.807, 2.05) is 0 Å². The van der Waals surface area contributed by atoms with Crippen LogP contribution in [0.15, 0.2) is 48.5 Å². The maximum atomic E-state index is 2.66. The largest absolute Gasteiger partial charge is 0.143 e. The Labute approximate surface area is 306 Å². The van der Waals surface area contributed by atoms with Gasteiger partial charge in [0.1, 0.15) is 0 Å². The number of hydrogen-bond acceptors (Lipinski definition) is 4. The average Bonchev–Trinajstić information content (AvgIpc) is 3.88. The van der Waals surface area contributed by atoms with E-state index in [2.05, 4.69) is 93.9 Å². The fraction of sp³-hybridized carbons (Fsp3) is 0.636. The quantitative estimate of drug-likeness (QED) is 0.170. The molecular weight excluding hydrogens is 657 g/mol. The monoisotopic (exact) mass is 712 g/mol. The summed E-state index contributed by atoms with van der Waals surface area (Å²) in [6.07, 6.45) is 32.9. The zero-order valence-electron chi connectivity index (χ0n) is 29.2. The van der Waals surface area contributed by atoms with E-state index in [0.717, 1.165) is 0 Å². The van der Waals surface area contributed by atoms with Crippen LogP contribution in [0.3, 0.4) is 0 Å². The number of hydrogen-bond donors (Lipinski definition) is 0. The van der Waals surface area contributed by atoms with Gasteiger partial charge in [-0.3, -0.25) is 0 Å². The predicted molar refractivity (Wildman–Crippen MR) is 211 cm³/mol. The molecule has 0 radical (unpaired) electrons. The molecule has 256 valence electrons. The molecule has 4 spiro atoms. The van der Waals surface area contributed by atoms with Crippen molar-refractivity contribution in [3.05, 3.63) is 87.5 Å². The Balaban J connectivity index is 1.30. The van der Waals surface area contributed by atoms with E-state index < -0.39 is 0 Å². The van der Waals surface area contributed by atoms with Gasteiger partial charge in [-0.15, -0.1) is 45.3 Å². The van der Waals surface area contributed by atoms with Crippen LogP contribution in [0.1, 0.15) is 193 Å². The summed E-state index contributed by atoms with van der Waals surface area (Å²) in [6.45, 7) is 0. The van der Waals surface area contributed by atoms with Crippen LogP contribution in [0.4, 0.5) is 0 Å². The highest BCUT2D eigenvalue weighted by Gasteiger charge is 2.46. The van der Waals surface area contributed by atoms with Gasteiger partial charge in [0.15, 0.2) is 0 Å². The van der Waals surface area contributed by atoms with Crippen LogP contribution in [-0.2, 0) is 21.7 Å². The van der Waals surface area contributed by atoms with Crippen molar-refractivity contribution in [1.82, 2.24) is 0 Å². The van der Waals surface area contributed by atoms with Crippen LogP contribution in [0.2, 0.25) is 0 Å². The molecule has 0 atom stereocenters. The third-order valence-electron chi connectivity index (χ3n) is 14.0. The maximum absolute atomic E-state index is 2.66. The lowest BCUT2D eigenvalue weighted by Gasteiger charge is -2.35. The number of fused-ring (bicyclic) bond motifs is 16. The minimum absolute atomic E-state index is 0.197. The van der Waals surface area contributed by atoms with E-state index in [4.69, 9.17) is 0 Å². The molecule has 0 saturated heterocycles.